The van der Waals surface area contributed by atoms with E-state index in [0.29, 0.717) is 24.8 Å². The molecule has 0 saturated carbocycles. The molecule has 0 aliphatic rings. The van der Waals surface area contributed by atoms with Crippen LogP contribution in [-0.4, -0.2) is 42.7 Å². The minimum atomic E-state index is -0.256. The van der Waals surface area contributed by atoms with Gasteiger partial charge >= 0.3 is 0 Å². The highest BCUT2D eigenvalue weighted by molar-refractivity contribution is 5.63. The Morgan fingerprint density at radius 1 is 0.735 bits per heavy atom. The summed E-state index contributed by atoms with van der Waals surface area (Å²) in [5, 5.41) is 0. The van der Waals surface area contributed by atoms with Crippen molar-refractivity contribution in [3.63, 3.8) is 0 Å². The van der Waals surface area contributed by atoms with E-state index in [-0.39, 0.29) is 6.29 Å². The Morgan fingerprint density at radius 3 is 2.21 bits per heavy atom. The molecule has 0 saturated heterocycles. The Hall–Kier alpha value is -2.18. The van der Waals surface area contributed by atoms with Crippen molar-refractivity contribution in [2.45, 2.75) is 91.3 Å². The van der Waals surface area contributed by atoms with E-state index in [4.69, 9.17) is 18.9 Å². The second-order valence-corrected chi connectivity index (χ2v) is 8.53. The van der Waals surface area contributed by atoms with Crippen molar-refractivity contribution in [3.05, 3.63) is 36.7 Å². The molecule has 190 valence electrons. The Morgan fingerprint density at radius 2 is 1.47 bits per heavy atom. The third-order valence-corrected chi connectivity index (χ3v) is 5.37. The number of benzene rings is 1. The molecule has 0 amide bonds. The summed E-state index contributed by atoms with van der Waals surface area (Å²) in [5.74, 6) is 2.06. The summed E-state index contributed by atoms with van der Waals surface area (Å²) in [6, 6.07) is 7.88. The number of unbranched alkanes of at least 4 members (excludes halogenated alkanes) is 5. The number of nitrogens with zero attached hydrogens (tertiary/aromatic N) is 2. The van der Waals surface area contributed by atoms with E-state index in [1.165, 1.54) is 19.3 Å². The molecule has 1 heterocycles. The van der Waals surface area contributed by atoms with Gasteiger partial charge in [-0.15, -0.1) is 0 Å². The van der Waals surface area contributed by atoms with E-state index in [2.05, 4.69) is 30.7 Å². The molecular formula is C28H44N2O4. The molecular weight excluding hydrogens is 428 g/mol. The summed E-state index contributed by atoms with van der Waals surface area (Å²) < 4.78 is 23.6. The maximum absolute atomic E-state index is 6.27. The van der Waals surface area contributed by atoms with Crippen LogP contribution in [0.5, 0.6) is 11.5 Å². The maximum Gasteiger partial charge on any atom is 0.199 e. The highest BCUT2D eigenvalue weighted by Gasteiger charge is 2.15. The van der Waals surface area contributed by atoms with Crippen molar-refractivity contribution in [1.82, 2.24) is 9.97 Å². The van der Waals surface area contributed by atoms with E-state index in [9.17, 15) is 0 Å². The second kappa shape index (κ2) is 18.2. The molecule has 1 aromatic heterocycles. The van der Waals surface area contributed by atoms with Gasteiger partial charge in [0.25, 0.3) is 0 Å². The summed E-state index contributed by atoms with van der Waals surface area (Å²) in [6.45, 7) is 9.53. The smallest absolute Gasteiger partial charge is 0.199 e. The first-order valence-corrected chi connectivity index (χ1v) is 13.2. The topological polar surface area (TPSA) is 62.7 Å². The number of ether oxygens (including phenoxy) is 4. The predicted molar refractivity (Wildman–Crippen MR) is 137 cm³/mol. The van der Waals surface area contributed by atoms with Crippen LogP contribution < -0.4 is 9.47 Å². The molecule has 0 aliphatic carbocycles. The lowest BCUT2D eigenvalue weighted by molar-refractivity contribution is -0.0850. The van der Waals surface area contributed by atoms with Crippen LogP contribution in [0, 0.1) is 0 Å². The van der Waals surface area contributed by atoms with E-state index < -0.39 is 0 Å². The molecule has 1 aromatic carbocycles. The number of para-hydroxylation sites is 1. The lowest BCUT2D eigenvalue weighted by atomic mass is 10.1. The Kier molecular flexibility index (Phi) is 15.0. The number of hydrogen-bond acceptors (Lipinski definition) is 6. The quantitative estimate of drug-likeness (QED) is 0.150. The minimum absolute atomic E-state index is 0.256. The van der Waals surface area contributed by atoms with E-state index >= 15 is 0 Å². The van der Waals surface area contributed by atoms with Gasteiger partial charge in [-0.2, -0.15) is 0 Å². The molecule has 0 radical (unpaired) electrons. The summed E-state index contributed by atoms with van der Waals surface area (Å²) in [6.07, 6.45) is 14.0. The van der Waals surface area contributed by atoms with Gasteiger partial charge in [0.1, 0.15) is 5.75 Å². The largest absolute Gasteiger partial charge is 0.490 e. The predicted octanol–water partition coefficient (Wildman–Crippen LogP) is 7.22. The summed E-state index contributed by atoms with van der Waals surface area (Å²) in [5.41, 5.74) is 0.861. The van der Waals surface area contributed by atoms with Gasteiger partial charge in [-0.3, -0.25) is 0 Å². The van der Waals surface area contributed by atoms with Gasteiger partial charge in [0.2, 0.25) is 0 Å². The highest BCUT2D eigenvalue weighted by atomic mass is 16.7. The Balaban J connectivity index is 1.85. The van der Waals surface area contributed by atoms with Crippen LogP contribution in [0.2, 0.25) is 0 Å². The fourth-order valence-electron chi connectivity index (χ4n) is 3.51. The first kappa shape index (κ1) is 28.1. The van der Waals surface area contributed by atoms with Gasteiger partial charge < -0.3 is 18.9 Å². The molecule has 6 nitrogen and oxygen atoms in total. The van der Waals surface area contributed by atoms with E-state index in [0.717, 1.165) is 69.5 Å². The Bertz CT molecular complexity index is 754. The normalized spacial score (nSPS) is 12.0. The molecule has 2 rings (SSSR count). The average Bonchev–Trinajstić information content (AvgIpc) is 2.87. The molecule has 1 unspecified atom stereocenters. The average molecular weight is 473 g/mol. The number of hydrogen-bond donors (Lipinski definition) is 0. The van der Waals surface area contributed by atoms with Gasteiger partial charge in [-0.25, -0.2) is 9.97 Å². The first-order valence-electron chi connectivity index (χ1n) is 13.2. The summed E-state index contributed by atoms with van der Waals surface area (Å²) in [4.78, 5) is 9.08. The minimum Gasteiger partial charge on any atom is -0.490 e. The molecule has 0 bridgehead atoms. The molecule has 6 heteroatoms. The molecule has 1 atom stereocenters. The van der Waals surface area contributed by atoms with Gasteiger partial charge in [0, 0.05) is 19.6 Å². The molecule has 2 aromatic rings. The Labute approximate surface area is 206 Å². The van der Waals surface area contributed by atoms with Gasteiger partial charge in [-0.05, 0) is 50.7 Å². The highest BCUT2D eigenvalue weighted by Crippen LogP contribution is 2.29. The van der Waals surface area contributed by atoms with Crippen LogP contribution >= 0.6 is 0 Å². The standard InChI is InChI=1S/C28H44N2O4/c1-4-7-10-17-27(33-19-6-3)34-26-16-12-11-15-25(26)28-29-22-24(23-30-28)32-21-14-9-8-13-20-31-18-5-2/h11-12,15-16,22-23,27H,4-10,13-14,17-21H2,1-3H3. The molecule has 34 heavy (non-hydrogen) atoms. The van der Waals surface area contributed by atoms with Gasteiger partial charge in [-0.1, -0.05) is 52.2 Å². The van der Waals surface area contributed by atoms with Gasteiger partial charge in [0.05, 0.1) is 31.2 Å². The van der Waals surface area contributed by atoms with Crippen molar-refractivity contribution < 1.29 is 18.9 Å². The molecule has 0 aliphatic heterocycles. The van der Waals surface area contributed by atoms with Crippen LogP contribution in [0.15, 0.2) is 36.7 Å². The zero-order chi connectivity index (χ0) is 24.3. The lowest BCUT2D eigenvalue weighted by Gasteiger charge is -2.21. The van der Waals surface area contributed by atoms with Crippen LogP contribution in [-0.2, 0) is 9.47 Å². The van der Waals surface area contributed by atoms with Crippen molar-refractivity contribution in [1.29, 1.82) is 0 Å². The van der Waals surface area contributed by atoms with Gasteiger partial charge in [0.15, 0.2) is 17.9 Å². The molecule has 0 fully saturated rings. The molecule has 0 spiro atoms. The van der Waals surface area contributed by atoms with E-state index in [1.54, 1.807) is 12.4 Å². The van der Waals surface area contributed by atoms with Crippen molar-refractivity contribution in [3.8, 4) is 22.9 Å². The third-order valence-electron chi connectivity index (χ3n) is 5.37. The van der Waals surface area contributed by atoms with Crippen molar-refractivity contribution in [2.24, 2.45) is 0 Å². The zero-order valence-corrected chi connectivity index (χ0v) is 21.5. The summed E-state index contributed by atoms with van der Waals surface area (Å²) in [7, 11) is 0. The fourth-order valence-corrected chi connectivity index (χ4v) is 3.51. The number of rotatable bonds is 20. The third kappa shape index (κ3) is 11.3. The second-order valence-electron chi connectivity index (χ2n) is 8.53. The maximum atomic E-state index is 6.27. The van der Waals surface area contributed by atoms with Crippen molar-refractivity contribution >= 4 is 0 Å². The SMILES string of the molecule is CCCCCC(OCCC)Oc1ccccc1-c1ncc(OCCCCCCOCCC)cn1. The van der Waals surface area contributed by atoms with Crippen molar-refractivity contribution in [2.75, 3.05) is 26.4 Å². The monoisotopic (exact) mass is 472 g/mol. The van der Waals surface area contributed by atoms with E-state index in [1.807, 2.05) is 24.3 Å². The number of aromatic nitrogens is 2. The van der Waals surface area contributed by atoms with Crippen LogP contribution in [0.1, 0.15) is 85.0 Å². The van der Waals surface area contributed by atoms with Crippen LogP contribution in [0.3, 0.4) is 0 Å². The zero-order valence-electron chi connectivity index (χ0n) is 21.5. The van der Waals surface area contributed by atoms with Crippen LogP contribution in [0.25, 0.3) is 11.4 Å². The lowest BCUT2D eigenvalue weighted by Crippen LogP contribution is -2.21. The summed E-state index contributed by atoms with van der Waals surface area (Å²) >= 11 is 0. The molecule has 0 N–H and O–H groups in total. The van der Waals surface area contributed by atoms with Crippen LogP contribution in [0.4, 0.5) is 0 Å². The first-order chi connectivity index (χ1) is 16.8. The fraction of sp³-hybridized carbons (Fsp3) is 0.643.